The maximum absolute atomic E-state index is 13.8. The Balaban J connectivity index is 0.00000240. The van der Waals surface area contributed by atoms with Crippen LogP contribution in [-0.4, -0.2) is 75.4 Å². The number of anilines is 1. The second-order valence-corrected chi connectivity index (χ2v) is 14.8. The molecule has 3 heterocycles. The van der Waals surface area contributed by atoms with Crippen molar-refractivity contribution in [1.29, 1.82) is 0 Å². The van der Waals surface area contributed by atoms with Crippen LogP contribution in [0.4, 0.5) is 5.69 Å². The fourth-order valence-corrected chi connectivity index (χ4v) is 7.69. The van der Waals surface area contributed by atoms with E-state index in [1.165, 1.54) is 18.4 Å². The van der Waals surface area contributed by atoms with Crippen LogP contribution in [0.25, 0.3) is 0 Å². The largest absolute Gasteiger partial charge is 0.489 e. The van der Waals surface area contributed by atoms with Crippen molar-refractivity contribution < 1.29 is 14.3 Å². The average Bonchev–Trinajstić information content (AvgIpc) is 3.56. The summed E-state index contributed by atoms with van der Waals surface area (Å²) < 4.78 is 13.0. The predicted octanol–water partition coefficient (Wildman–Crippen LogP) is 7.34. The lowest BCUT2D eigenvalue weighted by molar-refractivity contribution is 0.0595. The SMILES string of the molecule is CC(C)(C)[C@H]1CC[C@H](c2cc(C(=O)N3CCC(Oc4cc(N5CCNCC5)ccc4Cl)CC3)ccc2O[C@H]2CCNC2)CC1.Cl.Cl. The topological polar surface area (TPSA) is 66.1 Å². The maximum Gasteiger partial charge on any atom is 0.253 e. The number of hydrogen-bond donors (Lipinski definition) is 2. The van der Waals surface area contributed by atoms with Gasteiger partial charge in [-0.05, 0) is 91.8 Å². The summed E-state index contributed by atoms with van der Waals surface area (Å²) in [7, 11) is 0. The molecular weight excluding hydrogens is 643 g/mol. The fourth-order valence-electron chi connectivity index (χ4n) is 7.53. The Kier molecular flexibility index (Phi) is 13.2. The number of piperidine rings is 1. The van der Waals surface area contributed by atoms with Crippen LogP contribution in [0.2, 0.25) is 5.02 Å². The van der Waals surface area contributed by atoms with Gasteiger partial charge in [0.05, 0.1) is 5.02 Å². The summed E-state index contributed by atoms with van der Waals surface area (Å²) in [6.07, 6.45) is 7.61. The molecule has 2 aromatic carbocycles. The Bertz CT molecular complexity index is 1280. The zero-order chi connectivity index (χ0) is 30.7. The van der Waals surface area contributed by atoms with E-state index in [1.807, 2.05) is 17.0 Å². The van der Waals surface area contributed by atoms with E-state index in [0.717, 1.165) is 100 Å². The minimum atomic E-state index is 0. The monoisotopic (exact) mass is 694 g/mol. The van der Waals surface area contributed by atoms with Crippen molar-refractivity contribution in [2.24, 2.45) is 11.3 Å². The number of carbonyl (C=O) groups excluding carboxylic acids is 1. The number of benzene rings is 2. The summed E-state index contributed by atoms with van der Waals surface area (Å²) in [5.74, 6) is 3.01. The number of amides is 1. The highest BCUT2D eigenvalue weighted by Crippen LogP contribution is 2.45. The minimum absolute atomic E-state index is 0. The van der Waals surface area contributed by atoms with Gasteiger partial charge in [-0.3, -0.25) is 4.79 Å². The van der Waals surface area contributed by atoms with Crippen molar-refractivity contribution >= 4 is 48.0 Å². The molecule has 0 bridgehead atoms. The zero-order valence-electron chi connectivity index (χ0n) is 27.7. The third kappa shape index (κ3) is 8.96. The molecule has 4 aliphatic rings. The third-order valence-electron chi connectivity index (χ3n) is 10.4. The van der Waals surface area contributed by atoms with Gasteiger partial charge in [0.2, 0.25) is 0 Å². The van der Waals surface area contributed by atoms with Gasteiger partial charge in [0, 0.05) is 76.0 Å². The first kappa shape index (κ1) is 36.9. The van der Waals surface area contributed by atoms with Gasteiger partial charge in [-0.15, -0.1) is 24.8 Å². The van der Waals surface area contributed by atoms with Crippen LogP contribution in [0.15, 0.2) is 36.4 Å². The summed E-state index contributed by atoms with van der Waals surface area (Å²) in [5, 5.41) is 7.46. The number of ether oxygens (including phenoxy) is 2. The van der Waals surface area contributed by atoms with Crippen molar-refractivity contribution in [2.45, 2.75) is 83.8 Å². The number of nitrogens with one attached hydrogen (secondary N) is 2. The molecule has 2 N–H and O–H groups in total. The van der Waals surface area contributed by atoms with Gasteiger partial charge < -0.3 is 29.9 Å². The van der Waals surface area contributed by atoms with Crippen molar-refractivity contribution in [3.8, 4) is 11.5 Å². The highest BCUT2D eigenvalue weighted by Gasteiger charge is 2.33. The second-order valence-electron chi connectivity index (χ2n) is 14.4. The van der Waals surface area contributed by atoms with E-state index in [0.29, 0.717) is 29.4 Å². The molecule has 1 aliphatic carbocycles. The van der Waals surface area contributed by atoms with Crippen LogP contribution < -0.4 is 25.0 Å². The Labute approximate surface area is 293 Å². The Hall–Kier alpha value is -1.90. The van der Waals surface area contributed by atoms with Crippen molar-refractivity contribution in [2.75, 3.05) is 57.3 Å². The smallest absolute Gasteiger partial charge is 0.253 e. The molecule has 256 valence electrons. The summed E-state index contributed by atoms with van der Waals surface area (Å²) in [5.41, 5.74) is 3.50. The van der Waals surface area contributed by atoms with E-state index < -0.39 is 0 Å². The van der Waals surface area contributed by atoms with Crippen LogP contribution in [-0.2, 0) is 0 Å². The van der Waals surface area contributed by atoms with Gasteiger partial charge in [-0.25, -0.2) is 0 Å². The Morgan fingerprint density at radius 1 is 0.783 bits per heavy atom. The summed E-state index contributed by atoms with van der Waals surface area (Å²) in [6.45, 7) is 14.3. The number of halogens is 3. The number of rotatable bonds is 7. The van der Waals surface area contributed by atoms with Crippen LogP contribution in [0.1, 0.15) is 87.6 Å². The minimum Gasteiger partial charge on any atom is -0.489 e. The number of piperazine rings is 1. The van der Waals surface area contributed by atoms with Gasteiger partial charge in [0.25, 0.3) is 5.91 Å². The quantitative estimate of drug-likeness (QED) is 0.316. The molecule has 1 amide bonds. The van der Waals surface area contributed by atoms with E-state index in [1.54, 1.807) is 0 Å². The summed E-state index contributed by atoms with van der Waals surface area (Å²) >= 11 is 6.55. The molecule has 7 nitrogen and oxygen atoms in total. The molecule has 2 aromatic rings. The molecule has 0 unspecified atom stereocenters. The number of hydrogen-bond acceptors (Lipinski definition) is 6. The zero-order valence-corrected chi connectivity index (χ0v) is 30.1. The molecule has 1 saturated carbocycles. The number of likely N-dealkylation sites (tertiary alicyclic amines) is 1. The first-order valence-corrected chi connectivity index (χ1v) is 17.3. The number of carbonyl (C=O) groups is 1. The molecule has 0 spiro atoms. The highest BCUT2D eigenvalue weighted by atomic mass is 35.5. The molecule has 1 atom stereocenters. The molecule has 0 radical (unpaired) electrons. The first-order chi connectivity index (χ1) is 21.2. The molecule has 46 heavy (non-hydrogen) atoms. The molecule has 6 rings (SSSR count). The lowest BCUT2D eigenvalue weighted by atomic mass is 9.68. The van der Waals surface area contributed by atoms with Gasteiger partial charge in [0.15, 0.2) is 0 Å². The van der Waals surface area contributed by atoms with E-state index in [9.17, 15) is 4.79 Å². The summed E-state index contributed by atoms with van der Waals surface area (Å²) in [4.78, 5) is 18.2. The molecular formula is C36H53Cl3N4O3. The standard InChI is InChI=1S/C36H51ClN4O3.2ClH/c1-36(2,3)27-7-4-25(5-8-27)31-22-26(6-11-33(31)44-30-12-15-39-24-30)35(42)41-18-13-29(14-19-41)43-34-23-28(9-10-32(34)37)40-20-16-38-17-21-40;;/h6,9-11,22-23,25,27,29-30,38-39H,4-5,7-8,12-21,24H2,1-3H3;2*1H/t25-,27-,30-;;/m0../s1. The first-order valence-electron chi connectivity index (χ1n) is 17.0. The van der Waals surface area contributed by atoms with Crippen LogP contribution >= 0.6 is 36.4 Å². The molecule has 10 heteroatoms. The lowest BCUT2D eigenvalue weighted by Gasteiger charge is -2.37. The molecule has 3 saturated heterocycles. The van der Waals surface area contributed by atoms with Crippen molar-refractivity contribution in [3.05, 3.63) is 52.5 Å². The van der Waals surface area contributed by atoms with E-state index in [4.69, 9.17) is 21.1 Å². The van der Waals surface area contributed by atoms with Crippen LogP contribution in [0, 0.1) is 11.3 Å². The maximum atomic E-state index is 13.8. The third-order valence-corrected chi connectivity index (χ3v) is 10.7. The lowest BCUT2D eigenvalue weighted by Crippen LogP contribution is -2.43. The van der Waals surface area contributed by atoms with Gasteiger partial charge in [-0.2, -0.15) is 0 Å². The average molecular weight is 696 g/mol. The van der Waals surface area contributed by atoms with Gasteiger partial charge >= 0.3 is 0 Å². The normalized spacial score (nSPS) is 24.1. The Morgan fingerprint density at radius 2 is 1.48 bits per heavy atom. The van der Waals surface area contributed by atoms with Crippen molar-refractivity contribution in [1.82, 2.24) is 15.5 Å². The van der Waals surface area contributed by atoms with Crippen molar-refractivity contribution in [3.63, 3.8) is 0 Å². The fraction of sp³-hybridized carbons (Fsp3) is 0.639. The highest BCUT2D eigenvalue weighted by molar-refractivity contribution is 6.32. The number of nitrogens with zero attached hydrogens (tertiary/aromatic N) is 2. The predicted molar refractivity (Wildman–Crippen MR) is 193 cm³/mol. The second kappa shape index (κ2) is 16.5. The molecule has 4 fully saturated rings. The van der Waals surface area contributed by atoms with Crippen LogP contribution in [0.3, 0.4) is 0 Å². The van der Waals surface area contributed by atoms with Crippen LogP contribution in [0.5, 0.6) is 11.5 Å². The molecule has 3 aliphatic heterocycles. The van der Waals surface area contributed by atoms with Gasteiger partial charge in [-0.1, -0.05) is 32.4 Å². The van der Waals surface area contributed by atoms with E-state index >= 15 is 0 Å². The Morgan fingerprint density at radius 3 is 2.13 bits per heavy atom. The molecule has 0 aromatic heterocycles. The van der Waals surface area contributed by atoms with Gasteiger partial charge in [0.1, 0.15) is 23.7 Å². The summed E-state index contributed by atoms with van der Waals surface area (Å²) in [6, 6.07) is 12.3. The van der Waals surface area contributed by atoms with E-state index in [2.05, 4.69) is 60.6 Å². The van der Waals surface area contributed by atoms with E-state index in [-0.39, 0.29) is 42.9 Å².